The van der Waals surface area contributed by atoms with Crippen molar-refractivity contribution in [3.63, 3.8) is 0 Å². The van der Waals surface area contributed by atoms with Gasteiger partial charge in [-0.1, -0.05) is 40.9 Å². The summed E-state index contributed by atoms with van der Waals surface area (Å²) in [5.41, 5.74) is 1.87. The summed E-state index contributed by atoms with van der Waals surface area (Å²) in [6.07, 6.45) is 1.77. The van der Waals surface area contributed by atoms with E-state index >= 15 is 0 Å². The monoisotopic (exact) mass is 167 g/mol. The zero-order valence-corrected chi connectivity index (χ0v) is 9.02. The summed E-state index contributed by atoms with van der Waals surface area (Å²) >= 11 is 0. The van der Waals surface area contributed by atoms with Gasteiger partial charge in [-0.25, -0.2) is 0 Å². The Morgan fingerprint density at radius 2 is 1.67 bits per heavy atom. The number of hydrogen-bond donors (Lipinski definition) is 0. The first-order valence-corrected chi connectivity index (χ1v) is 4.42. The molecule has 70 valence electrons. The van der Waals surface area contributed by atoms with E-state index < -0.39 is 0 Å². The fraction of sp³-hybridized carbons (Fsp3) is 0.545. The number of hydrogen-bond acceptors (Lipinski definition) is 1. The van der Waals surface area contributed by atoms with Crippen molar-refractivity contribution in [2.45, 2.75) is 34.6 Å². The van der Waals surface area contributed by atoms with Gasteiger partial charge in [0.05, 0.1) is 0 Å². The molecule has 12 heavy (non-hydrogen) atoms. The lowest BCUT2D eigenvalue weighted by Gasteiger charge is -2.00. The van der Waals surface area contributed by atoms with Crippen molar-refractivity contribution >= 4 is 6.21 Å². The summed E-state index contributed by atoms with van der Waals surface area (Å²) in [5.74, 6) is 0.475. The SMILES string of the molecule is C=C(C)N=CC(=C)C(C)C.CC. The minimum absolute atomic E-state index is 0.475. The fourth-order valence-corrected chi connectivity index (χ4v) is 0.342. The van der Waals surface area contributed by atoms with Crippen LogP contribution in [0.3, 0.4) is 0 Å². The molecule has 0 aliphatic carbocycles. The standard InChI is InChI=1S/C9H15N.C2H6/c1-7(2)9(5)6-10-8(3)4;1-2/h6-7H,3,5H2,1-2,4H3;1-2H3. The van der Waals surface area contributed by atoms with Crippen molar-refractivity contribution in [1.82, 2.24) is 0 Å². The van der Waals surface area contributed by atoms with E-state index in [1.165, 1.54) is 0 Å². The molecule has 0 bridgehead atoms. The molecule has 0 aromatic rings. The van der Waals surface area contributed by atoms with Crippen LogP contribution in [-0.2, 0) is 0 Å². The summed E-state index contributed by atoms with van der Waals surface area (Å²) in [4.78, 5) is 4.03. The first kappa shape index (κ1) is 13.7. The summed E-state index contributed by atoms with van der Waals surface area (Å²) in [7, 11) is 0. The van der Waals surface area contributed by atoms with Gasteiger partial charge in [0.25, 0.3) is 0 Å². The second kappa shape index (κ2) is 8.25. The van der Waals surface area contributed by atoms with Gasteiger partial charge in [-0.2, -0.15) is 0 Å². The molecular weight excluding hydrogens is 146 g/mol. The fourth-order valence-electron chi connectivity index (χ4n) is 0.342. The Kier molecular flexibility index (Phi) is 9.43. The molecule has 0 fully saturated rings. The maximum Gasteiger partial charge on any atom is 0.0301 e. The maximum atomic E-state index is 4.03. The molecule has 0 heterocycles. The van der Waals surface area contributed by atoms with Gasteiger partial charge in [0, 0.05) is 11.9 Å². The van der Waals surface area contributed by atoms with E-state index in [-0.39, 0.29) is 0 Å². The third kappa shape index (κ3) is 9.15. The largest absolute Gasteiger partial charge is 0.262 e. The third-order valence-electron chi connectivity index (χ3n) is 1.19. The van der Waals surface area contributed by atoms with E-state index in [1.54, 1.807) is 6.21 Å². The zero-order valence-electron chi connectivity index (χ0n) is 9.02. The zero-order chi connectivity index (χ0) is 10.1. The van der Waals surface area contributed by atoms with Gasteiger partial charge in [0.15, 0.2) is 0 Å². The topological polar surface area (TPSA) is 12.4 Å². The molecule has 0 radical (unpaired) electrons. The van der Waals surface area contributed by atoms with Crippen LogP contribution in [0.5, 0.6) is 0 Å². The molecule has 0 aromatic carbocycles. The van der Waals surface area contributed by atoms with E-state index in [4.69, 9.17) is 0 Å². The predicted octanol–water partition coefficient (Wildman–Crippen LogP) is 3.83. The van der Waals surface area contributed by atoms with E-state index in [9.17, 15) is 0 Å². The molecule has 1 nitrogen and oxygen atoms in total. The minimum Gasteiger partial charge on any atom is -0.262 e. The summed E-state index contributed by atoms with van der Waals surface area (Å²) in [5, 5.41) is 0. The van der Waals surface area contributed by atoms with Gasteiger partial charge in [-0.05, 0) is 18.4 Å². The summed E-state index contributed by atoms with van der Waals surface area (Å²) < 4.78 is 0. The Hall–Kier alpha value is -0.850. The van der Waals surface area contributed by atoms with E-state index in [1.807, 2.05) is 20.8 Å². The lowest BCUT2D eigenvalue weighted by molar-refractivity contribution is 0.810. The lowest BCUT2D eigenvalue weighted by Crippen LogP contribution is -1.92. The molecule has 0 spiro atoms. The van der Waals surface area contributed by atoms with Gasteiger partial charge >= 0.3 is 0 Å². The highest BCUT2D eigenvalue weighted by atomic mass is 14.7. The third-order valence-corrected chi connectivity index (χ3v) is 1.19. The molecule has 1 heteroatoms. The Balaban J connectivity index is 0. The van der Waals surface area contributed by atoms with E-state index in [0.29, 0.717) is 5.92 Å². The minimum atomic E-state index is 0.475. The van der Waals surface area contributed by atoms with Gasteiger partial charge in [0.1, 0.15) is 0 Å². The summed E-state index contributed by atoms with van der Waals surface area (Å²) in [6, 6.07) is 0. The van der Waals surface area contributed by atoms with Gasteiger partial charge in [-0.15, -0.1) is 0 Å². The molecule has 0 N–H and O–H groups in total. The lowest BCUT2D eigenvalue weighted by atomic mass is 10.1. The highest BCUT2D eigenvalue weighted by Crippen LogP contribution is 2.03. The van der Waals surface area contributed by atoms with Crippen LogP contribution in [0.15, 0.2) is 29.4 Å². The summed E-state index contributed by atoms with van der Waals surface area (Å²) in [6.45, 7) is 17.5. The van der Waals surface area contributed by atoms with Gasteiger partial charge in [0.2, 0.25) is 0 Å². The van der Waals surface area contributed by atoms with Crippen molar-refractivity contribution in [3.05, 3.63) is 24.4 Å². The normalized spacial score (nSPS) is 9.50. The van der Waals surface area contributed by atoms with Crippen LogP contribution in [0, 0.1) is 5.92 Å². The van der Waals surface area contributed by atoms with Crippen molar-refractivity contribution in [2.24, 2.45) is 10.9 Å². The van der Waals surface area contributed by atoms with Crippen LogP contribution < -0.4 is 0 Å². The van der Waals surface area contributed by atoms with Crippen molar-refractivity contribution < 1.29 is 0 Å². The van der Waals surface area contributed by atoms with Crippen LogP contribution in [0.2, 0.25) is 0 Å². The maximum absolute atomic E-state index is 4.03. The van der Waals surface area contributed by atoms with Crippen LogP contribution in [0.4, 0.5) is 0 Å². The average Bonchev–Trinajstić information content (AvgIpc) is 2.03. The van der Waals surface area contributed by atoms with Gasteiger partial charge < -0.3 is 0 Å². The Labute approximate surface area is 76.9 Å². The molecule has 0 aromatic heterocycles. The molecule has 0 unspecified atom stereocenters. The Morgan fingerprint density at radius 3 is 1.92 bits per heavy atom. The first-order valence-electron chi connectivity index (χ1n) is 4.42. The van der Waals surface area contributed by atoms with Crippen LogP contribution >= 0.6 is 0 Å². The van der Waals surface area contributed by atoms with Crippen molar-refractivity contribution in [1.29, 1.82) is 0 Å². The molecule has 0 aliphatic rings. The van der Waals surface area contributed by atoms with Crippen molar-refractivity contribution in [3.8, 4) is 0 Å². The molecule has 0 amide bonds. The molecule has 0 rings (SSSR count). The number of allylic oxidation sites excluding steroid dienone is 2. The quantitative estimate of drug-likeness (QED) is 0.566. The highest BCUT2D eigenvalue weighted by Gasteiger charge is 1.93. The Bertz CT molecular complexity index is 164. The molecule has 0 saturated heterocycles. The van der Waals surface area contributed by atoms with E-state index in [2.05, 4.69) is 32.0 Å². The highest BCUT2D eigenvalue weighted by molar-refractivity contribution is 5.78. The van der Waals surface area contributed by atoms with E-state index in [0.717, 1.165) is 11.3 Å². The Morgan fingerprint density at radius 1 is 1.25 bits per heavy atom. The van der Waals surface area contributed by atoms with Crippen molar-refractivity contribution in [2.75, 3.05) is 0 Å². The van der Waals surface area contributed by atoms with Crippen LogP contribution in [0.1, 0.15) is 34.6 Å². The predicted molar refractivity (Wildman–Crippen MR) is 58.6 cm³/mol. The first-order chi connectivity index (χ1) is 5.54. The smallest absolute Gasteiger partial charge is 0.0301 e. The number of aliphatic imine (C=N–C) groups is 1. The second-order valence-corrected chi connectivity index (χ2v) is 2.72. The molecule has 0 aliphatic heterocycles. The second-order valence-electron chi connectivity index (χ2n) is 2.72. The molecular formula is C11H21N. The number of nitrogens with zero attached hydrogens (tertiary/aromatic N) is 1. The number of rotatable bonds is 3. The van der Waals surface area contributed by atoms with Crippen LogP contribution in [0.25, 0.3) is 0 Å². The van der Waals surface area contributed by atoms with Gasteiger partial charge in [-0.3, -0.25) is 4.99 Å². The molecule has 0 saturated carbocycles. The molecule has 0 atom stereocenters. The van der Waals surface area contributed by atoms with Crippen LogP contribution in [-0.4, -0.2) is 6.21 Å². The average molecular weight is 167 g/mol.